The normalized spacial score (nSPS) is 31.9. The Morgan fingerprint density at radius 1 is 1.43 bits per heavy atom. The minimum Gasteiger partial charge on any atom is -0.311 e. The van der Waals surface area contributed by atoms with Crippen LogP contribution in [0.2, 0.25) is 0 Å². The van der Waals surface area contributed by atoms with Crippen molar-refractivity contribution < 1.29 is 0 Å². The summed E-state index contributed by atoms with van der Waals surface area (Å²) in [5.74, 6) is 2.57. The van der Waals surface area contributed by atoms with E-state index in [-0.39, 0.29) is 0 Å². The van der Waals surface area contributed by atoms with Crippen LogP contribution in [0, 0.1) is 0 Å². The highest BCUT2D eigenvalue weighted by Gasteiger charge is 2.28. The van der Waals surface area contributed by atoms with E-state index in [1.807, 2.05) is 0 Å². The lowest BCUT2D eigenvalue weighted by Crippen LogP contribution is -2.50. The van der Waals surface area contributed by atoms with Crippen LogP contribution in [0.4, 0.5) is 0 Å². The maximum absolute atomic E-state index is 3.75. The molecule has 0 bridgehead atoms. The average Bonchev–Trinajstić information content (AvgIpc) is 2.65. The van der Waals surface area contributed by atoms with Crippen LogP contribution >= 0.6 is 11.8 Å². The zero-order valence-electron chi connectivity index (χ0n) is 9.14. The summed E-state index contributed by atoms with van der Waals surface area (Å²) in [5, 5.41) is 7.33. The molecular weight excluding hydrogens is 192 g/mol. The molecule has 2 fully saturated rings. The van der Waals surface area contributed by atoms with Gasteiger partial charge in [-0.05, 0) is 19.8 Å². The van der Waals surface area contributed by atoms with E-state index >= 15 is 0 Å². The molecule has 2 nitrogen and oxygen atoms in total. The van der Waals surface area contributed by atoms with Crippen molar-refractivity contribution in [1.82, 2.24) is 10.6 Å². The Bertz CT molecular complexity index is 172. The highest BCUT2D eigenvalue weighted by Crippen LogP contribution is 2.28. The fraction of sp³-hybridized carbons (Fsp3) is 1.00. The molecule has 1 atom stereocenters. The molecule has 1 unspecified atom stereocenters. The standard InChI is InChI=1S/C11H22N2S/c1-11(4-2-3-5-11)13-8-10-9-14-7-6-12-10/h10,12-13H,2-9H2,1H3. The summed E-state index contributed by atoms with van der Waals surface area (Å²) in [4.78, 5) is 0. The highest BCUT2D eigenvalue weighted by atomic mass is 32.2. The number of nitrogens with one attached hydrogen (secondary N) is 2. The first-order valence-electron chi connectivity index (χ1n) is 5.85. The molecule has 2 rings (SSSR count). The van der Waals surface area contributed by atoms with Crippen molar-refractivity contribution in [3.63, 3.8) is 0 Å². The third-order valence-corrected chi connectivity index (χ3v) is 4.61. The molecule has 1 saturated carbocycles. The van der Waals surface area contributed by atoms with Crippen molar-refractivity contribution in [3.05, 3.63) is 0 Å². The molecule has 14 heavy (non-hydrogen) atoms. The third-order valence-electron chi connectivity index (χ3n) is 3.48. The summed E-state index contributed by atoms with van der Waals surface area (Å²) >= 11 is 2.08. The van der Waals surface area contributed by atoms with Crippen LogP contribution in [0.25, 0.3) is 0 Å². The summed E-state index contributed by atoms with van der Waals surface area (Å²) < 4.78 is 0. The van der Waals surface area contributed by atoms with E-state index in [2.05, 4.69) is 29.3 Å². The molecule has 2 N–H and O–H groups in total. The Morgan fingerprint density at radius 3 is 2.86 bits per heavy atom. The fourth-order valence-corrected chi connectivity index (χ4v) is 3.40. The van der Waals surface area contributed by atoms with Crippen molar-refractivity contribution >= 4 is 11.8 Å². The number of rotatable bonds is 3. The van der Waals surface area contributed by atoms with Crippen LogP contribution in [0.1, 0.15) is 32.6 Å². The molecule has 0 radical (unpaired) electrons. The predicted octanol–water partition coefficient (Wildman–Crippen LogP) is 1.61. The monoisotopic (exact) mass is 214 g/mol. The SMILES string of the molecule is CC1(NCC2CSCCN2)CCCC1. The van der Waals surface area contributed by atoms with E-state index in [4.69, 9.17) is 0 Å². The minimum absolute atomic E-state index is 0.448. The number of thioether (sulfide) groups is 1. The molecule has 2 aliphatic rings. The van der Waals surface area contributed by atoms with Crippen molar-refractivity contribution in [3.8, 4) is 0 Å². The van der Waals surface area contributed by atoms with E-state index in [0.29, 0.717) is 11.6 Å². The zero-order valence-corrected chi connectivity index (χ0v) is 9.96. The average molecular weight is 214 g/mol. The molecule has 0 aromatic rings. The van der Waals surface area contributed by atoms with Gasteiger partial charge in [0, 0.05) is 36.2 Å². The van der Waals surface area contributed by atoms with Crippen LogP contribution in [0.15, 0.2) is 0 Å². The van der Waals surface area contributed by atoms with Crippen LogP contribution in [-0.2, 0) is 0 Å². The molecule has 0 spiro atoms. The van der Waals surface area contributed by atoms with Crippen LogP contribution in [-0.4, -0.2) is 36.2 Å². The summed E-state index contributed by atoms with van der Waals surface area (Å²) in [6, 6.07) is 0.700. The fourth-order valence-electron chi connectivity index (χ4n) is 2.45. The smallest absolute Gasteiger partial charge is 0.0283 e. The second-order valence-corrected chi connectivity index (χ2v) is 6.02. The number of hydrogen-bond donors (Lipinski definition) is 2. The molecular formula is C11H22N2S. The summed E-state index contributed by atoms with van der Waals surface area (Å²) in [6.45, 7) is 4.73. The zero-order chi connectivity index (χ0) is 9.86. The van der Waals surface area contributed by atoms with Gasteiger partial charge in [-0.2, -0.15) is 11.8 Å². The van der Waals surface area contributed by atoms with Gasteiger partial charge in [0.2, 0.25) is 0 Å². The maximum Gasteiger partial charge on any atom is 0.0283 e. The second-order valence-electron chi connectivity index (χ2n) is 4.87. The van der Waals surface area contributed by atoms with E-state index in [1.165, 1.54) is 43.7 Å². The molecule has 0 aromatic carbocycles. The first kappa shape index (κ1) is 10.8. The summed E-state index contributed by atoms with van der Waals surface area (Å²) in [6.07, 6.45) is 5.56. The van der Waals surface area contributed by atoms with Gasteiger partial charge in [0.25, 0.3) is 0 Å². The quantitative estimate of drug-likeness (QED) is 0.746. The summed E-state index contributed by atoms with van der Waals surface area (Å²) in [5.41, 5.74) is 0.448. The first-order valence-corrected chi connectivity index (χ1v) is 7.00. The minimum atomic E-state index is 0.448. The van der Waals surface area contributed by atoms with Crippen LogP contribution in [0.5, 0.6) is 0 Å². The van der Waals surface area contributed by atoms with Gasteiger partial charge in [-0.25, -0.2) is 0 Å². The summed E-state index contributed by atoms with van der Waals surface area (Å²) in [7, 11) is 0. The largest absolute Gasteiger partial charge is 0.311 e. The topological polar surface area (TPSA) is 24.1 Å². The highest BCUT2D eigenvalue weighted by molar-refractivity contribution is 7.99. The van der Waals surface area contributed by atoms with Gasteiger partial charge in [0.1, 0.15) is 0 Å². The molecule has 1 aliphatic heterocycles. The Morgan fingerprint density at radius 2 is 2.21 bits per heavy atom. The van der Waals surface area contributed by atoms with Gasteiger partial charge < -0.3 is 10.6 Å². The Labute approximate surface area is 91.6 Å². The van der Waals surface area contributed by atoms with E-state index < -0.39 is 0 Å². The van der Waals surface area contributed by atoms with Gasteiger partial charge in [0.05, 0.1) is 0 Å². The Kier molecular flexibility index (Phi) is 3.74. The van der Waals surface area contributed by atoms with Gasteiger partial charge in [-0.15, -0.1) is 0 Å². The van der Waals surface area contributed by atoms with Gasteiger partial charge in [-0.3, -0.25) is 0 Å². The van der Waals surface area contributed by atoms with Crippen molar-refractivity contribution in [2.24, 2.45) is 0 Å². The molecule has 82 valence electrons. The van der Waals surface area contributed by atoms with E-state index in [9.17, 15) is 0 Å². The predicted molar refractivity (Wildman–Crippen MR) is 64.0 cm³/mol. The van der Waals surface area contributed by atoms with Crippen molar-refractivity contribution in [2.75, 3.05) is 24.6 Å². The molecule has 0 aromatic heterocycles. The molecule has 3 heteroatoms. The Balaban J connectivity index is 1.70. The lowest BCUT2D eigenvalue weighted by molar-refractivity contribution is 0.344. The maximum atomic E-state index is 3.75. The number of hydrogen-bond acceptors (Lipinski definition) is 3. The Hall–Kier alpha value is 0.270. The van der Waals surface area contributed by atoms with E-state index in [0.717, 1.165) is 6.54 Å². The molecule has 1 aliphatic carbocycles. The van der Waals surface area contributed by atoms with Gasteiger partial charge >= 0.3 is 0 Å². The lowest BCUT2D eigenvalue weighted by atomic mass is 10.0. The van der Waals surface area contributed by atoms with Crippen molar-refractivity contribution in [1.29, 1.82) is 0 Å². The molecule has 1 heterocycles. The van der Waals surface area contributed by atoms with E-state index in [1.54, 1.807) is 0 Å². The van der Waals surface area contributed by atoms with Gasteiger partial charge in [-0.1, -0.05) is 12.8 Å². The molecule has 0 amide bonds. The second kappa shape index (κ2) is 4.86. The lowest BCUT2D eigenvalue weighted by Gasteiger charge is -2.30. The van der Waals surface area contributed by atoms with Crippen molar-refractivity contribution in [2.45, 2.75) is 44.2 Å². The van der Waals surface area contributed by atoms with Crippen LogP contribution < -0.4 is 10.6 Å². The third kappa shape index (κ3) is 2.88. The molecule has 1 saturated heterocycles. The van der Waals surface area contributed by atoms with Gasteiger partial charge in [0.15, 0.2) is 0 Å². The first-order chi connectivity index (χ1) is 6.79. The van der Waals surface area contributed by atoms with Crippen LogP contribution in [0.3, 0.4) is 0 Å².